The Morgan fingerprint density at radius 1 is 1.33 bits per heavy atom. The van der Waals surface area contributed by atoms with Gasteiger partial charge in [0.25, 0.3) is 0 Å². The van der Waals surface area contributed by atoms with Gasteiger partial charge < -0.3 is 16.2 Å². The molecule has 0 unspecified atom stereocenters. The van der Waals surface area contributed by atoms with E-state index in [-0.39, 0.29) is 24.6 Å². The van der Waals surface area contributed by atoms with Gasteiger partial charge in [-0.1, -0.05) is 6.92 Å². The Morgan fingerprint density at radius 3 is 2.48 bits per heavy atom. The lowest BCUT2D eigenvalue weighted by Gasteiger charge is -2.35. The van der Waals surface area contributed by atoms with Crippen LogP contribution in [0.2, 0.25) is 0 Å². The van der Waals surface area contributed by atoms with E-state index in [4.69, 9.17) is 5.73 Å². The molecule has 0 aromatic carbocycles. The zero-order valence-electron chi connectivity index (χ0n) is 12.4. The molecule has 120 valence electrons. The molecular weight excluding hydrogens is 292 g/mol. The molecule has 1 saturated carbocycles. The van der Waals surface area contributed by atoms with Crippen LogP contribution in [0, 0.1) is 11.3 Å². The van der Waals surface area contributed by atoms with Crippen molar-refractivity contribution in [1.29, 1.82) is 0 Å². The van der Waals surface area contributed by atoms with E-state index in [1.54, 1.807) is 0 Å². The van der Waals surface area contributed by atoms with Crippen molar-refractivity contribution in [1.82, 2.24) is 5.32 Å². The van der Waals surface area contributed by atoms with Gasteiger partial charge in [-0.2, -0.15) is 11.8 Å². The zero-order chi connectivity index (χ0) is 15.9. The second kappa shape index (κ2) is 8.26. The summed E-state index contributed by atoms with van der Waals surface area (Å²) in [5.74, 6) is -0.139. The highest BCUT2D eigenvalue weighted by atomic mass is 32.2. The summed E-state index contributed by atoms with van der Waals surface area (Å²) < 4.78 is 0. The average Bonchev–Trinajstić information content (AvgIpc) is 2.43. The maximum Gasteiger partial charge on any atom is 0.311 e. The van der Waals surface area contributed by atoms with Crippen LogP contribution in [0.4, 0.5) is 0 Å². The molecular formula is C14H24N2O4S. The van der Waals surface area contributed by atoms with Crippen LogP contribution in [0.15, 0.2) is 0 Å². The molecule has 0 saturated heterocycles. The fourth-order valence-corrected chi connectivity index (χ4v) is 3.15. The second-order valence-electron chi connectivity index (χ2n) is 5.81. The highest BCUT2D eigenvalue weighted by Crippen LogP contribution is 2.38. The number of thioether (sulfide) groups is 1. The first-order valence-electron chi connectivity index (χ1n) is 7.22. The number of hydrogen-bond donors (Lipinski definition) is 3. The van der Waals surface area contributed by atoms with Gasteiger partial charge in [0.15, 0.2) is 0 Å². The number of primary amides is 1. The van der Waals surface area contributed by atoms with Crippen molar-refractivity contribution in [2.24, 2.45) is 17.1 Å². The second-order valence-corrected chi connectivity index (χ2v) is 6.92. The molecule has 0 aromatic rings. The van der Waals surface area contributed by atoms with Crippen molar-refractivity contribution in [3.05, 3.63) is 0 Å². The molecule has 21 heavy (non-hydrogen) atoms. The van der Waals surface area contributed by atoms with Crippen LogP contribution in [0.5, 0.6) is 0 Å². The number of amides is 2. The van der Waals surface area contributed by atoms with Crippen molar-refractivity contribution < 1.29 is 19.5 Å². The van der Waals surface area contributed by atoms with E-state index in [0.717, 1.165) is 12.8 Å². The summed E-state index contributed by atoms with van der Waals surface area (Å²) >= 11 is 1.31. The summed E-state index contributed by atoms with van der Waals surface area (Å²) in [6.07, 6.45) is 3.26. The molecule has 0 atom stereocenters. The van der Waals surface area contributed by atoms with Crippen molar-refractivity contribution in [2.45, 2.75) is 39.0 Å². The molecule has 0 aliphatic heterocycles. The van der Waals surface area contributed by atoms with Gasteiger partial charge in [-0.15, -0.1) is 0 Å². The van der Waals surface area contributed by atoms with E-state index < -0.39 is 17.3 Å². The minimum absolute atomic E-state index is 0.175. The molecule has 2 amide bonds. The third-order valence-corrected chi connectivity index (χ3v) is 5.01. The lowest BCUT2D eigenvalue weighted by molar-refractivity contribution is -0.151. The van der Waals surface area contributed by atoms with Gasteiger partial charge in [0.2, 0.25) is 11.8 Å². The summed E-state index contributed by atoms with van der Waals surface area (Å²) in [5, 5.41) is 12.2. The van der Waals surface area contributed by atoms with Crippen LogP contribution >= 0.6 is 11.8 Å². The van der Waals surface area contributed by atoms with Gasteiger partial charge in [0.05, 0.1) is 11.2 Å². The Hall–Kier alpha value is -1.24. The SMILES string of the molecule is CC1CCC(CNC(=O)CCSCC(N)=O)(C(=O)O)CC1. The maximum atomic E-state index is 11.7. The minimum Gasteiger partial charge on any atom is -0.481 e. The molecule has 1 fully saturated rings. The lowest BCUT2D eigenvalue weighted by Crippen LogP contribution is -2.45. The summed E-state index contributed by atoms with van der Waals surface area (Å²) in [7, 11) is 0. The van der Waals surface area contributed by atoms with Gasteiger partial charge in [0.1, 0.15) is 0 Å². The molecule has 4 N–H and O–H groups in total. The first-order chi connectivity index (χ1) is 9.85. The normalized spacial score (nSPS) is 25.3. The molecule has 1 aliphatic carbocycles. The molecule has 7 heteroatoms. The number of nitrogens with one attached hydrogen (secondary N) is 1. The number of carbonyl (C=O) groups is 3. The predicted molar refractivity (Wildman–Crippen MR) is 81.8 cm³/mol. The number of nitrogens with two attached hydrogens (primary N) is 1. The monoisotopic (exact) mass is 316 g/mol. The van der Waals surface area contributed by atoms with Crippen molar-refractivity contribution >= 4 is 29.5 Å². The molecule has 0 radical (unpaired) electrons. The third-order valence-electron chi connectivity index (χ3n) is 4.03. The highest BCUT2D eigenvalue weighted by Gasteiger charge is 2.41. The Bertz CT molecular complexity index is 392. The maximum absolute atomic E-state index is 11.7. The summed E-state index contributed by atoms with van der Waals surface area (Å²) in [6.45, 7) is 2.31. The Labute approximate surface area is 129 Å². The predicted octanol–water partition coefficient (Wildman–Crippen LogP) is 0.992. The minimum atomic E-state index is -0.821. The molecule has 0 spiro atoms. The van der Waals surface area contributed by atoms with Crippen LogP contribution in [-0.2, 0) is 14.4 Å². The first kappa shape index (κ1) is 17.8. The van der Waals surface area contributed by atoms with E-state index in [1.165, 1.54) is 11.8 Å². The third kappa shape index (κ3) is 5.95. The van der Waals surface area contributed by atoms with E-state index >= 15 is 0 Å². The Balaban J connectivity index is 2.35. The quantitative estimate of drug-likeness (QED) is 0.579. The van der Waals surface area contributed by atoms with Gasteiger partial charge in [-0.25, -0.2) is 0 Å². The van der Waals surface area contributed by atoms with Crippen molar-refractivity contribution in [3.63, 3.8) is 0 Å². The molecule has 0 aromatic heterocycles. The van der Waals surface area contributed by atoms with E-state index in [9.17, 15) is 19.5 Å². The van der Waals surface area contributed by atoms with Crippen LogP contribution in [0.3, 0.4) is 0 Å². The van der Waals surface area contributed by atoms with E-state index in [0.29, 0.717) is 24.5 Å². The van der Waals surface area contributed by atoms with E-state index in [1.807, 2.05) is 0 Å². The number of carboxylic acid groups (broad SMARTS) is 1. The van der Waals surface area contributed by atoms with E-state index in [2.05, 4.69) is 12.2 Å². The largest absolute Gasteiger partial charge is 0.481 e. The molecule has 1 aliphatic rings. The van der Waals surface area contributed by atoms with Crippen LogP contribution in [-0.4, -0.2) is 40.9 Å². The highest BCUT2D eigenvalue weighted by molar-refractivity contribution is 7.99. The zero-order valence-corrected chi connectivity index (χ0v) is 13.2. The number of rotatable bonds is 8. The molecule has 1 rings (SSSR count). The standard InChI is InChI=1S/C14H24N2O4S/c1-10-2-5-14(6-3-10,13(19)20)9-16-12(18)4-7-21-8-11(15)17/h10H,2-9H2,1H3,(H2,15,17)(H,16,18)(H,19,20). The topological polar surface area (TPSA) is 109 Å². The fourth-order valence-electron chi connectivity index (χ4n) is 2.47. The van der Waals surface area contributed by atoms with Gasteiger partial charge in [-0.3, -0.25) is 14.4 Å². The van der Waals surface area contributed by atoms with Crippen LogP contribution in [0.1, 0.15) is 39.0 Å². The number of carbonyl (C=O) groups excluding carboxylic acids is 2. The Morgan fingerprint density at radius 2 is 1.95 bits per heavy atom. The lowest BCUT2D eigenvalue weighted by atomic mass is 9.71. The Kier molecular flexibility index (Phi) is 7.01. The number of aliphatic carboxylic acids is 1. The number of carboxylic acids is 1. The summed E-state index contributed by atoms with van der Waals surface area (Å²) in [4.78, 5) is 33.8. The van der Waals surface area contributed by atoms with Crippen molar-refractivity contribution in [3.8, 4) is 0 Å². The van der Waals surface area contributed by atoms with Crippen LogP contribution in [0.25, 0.3) is 0 Å². The van der Waals surface area contributed by atoms with Gasteiger partial charge >= 0.3 is 5.97 Å². The summed E-state index contributed by atoms with van der Waals surface area (Å²) in [6, 6.07) is 0. The molecule has 6 nitrogen and oxygen atoms in total. The smallest absolute Gasteiger partial charge is 0.311 e. The van der Waals surface area contributed by atoms with Gasteiger partial charge in [-0.05, 0) is 31.6 Å². The fraction of sp³-hybridized carbons (Fsp3) is 0.786. The molecule has 0 bridgehead atoms. The van der Waals surface area contributed by atoms with Gasteiger partial charge in [0, 0.05) is 18.7 Å². The molecule has 0 heterocycles. The summed E-state index contributed by atoms with van der Waals surface area (Å²) in [5.41, 5.74) is 4.18. The first-order valence-corrected chi connectivity index (χ1v) is 8.37. The van der Waals surface area contributed by atoms with Crippen LogP contribution < -0.4 is 11.1 Å². The van der Waals surface area contributed by atoms with Crippen molar-refractivity contribution in [2.75, 3.05) is 18.1 Å². The average molecular weight is 316 g/mol. The number of hydrogen-bond acceptors (Lipinski definition) is 4.